The number of carbonyl (C=O) groups excluding carboxylic acids is 3. The zero-order chi connectivity index (χ0) is 25.2. The van der Waals surface area contributed by atoms with Crippen LogP contribution in [0.2, 0.25) is 0 Å². The molecule has 1 aliphatic carbocycles. The second-order valence-electron chi connectivity index (χ2n) is 11.0. The standard InChI is InChI=1S/C28H35N3O4/c1-19-15-27(2,3)18-28(16-19)25(34)31(26(35)30-28)17-24(33)29-22-11-7-8-20(14-22)12-13-23(32)21-9-5-4-6-10-21/h4-11,14,19,23,32H,12-13,15-18H2,1-3H3,(H,29,33)(H,30,35). The lowest BCUT2D eigenvalue weighted by Gasteiger charge is -2.43. The number of urea groups is 1. The first-order chi connectivity index (χ1) is 16.6. The minimum Gasteiger partial charge on any atom is -0.388 e. The second-order valence-corrected chi connectivity index (χ2v) is 11.0. The normalized spacial score (nSPS) is 24.3. The van der Waals surface area contributed by atoms with Gasteiger partial charge in [-0.2, -0.15) is 0 Å². The number of aliphatic hydroxyl groups is 1. The Labute approximate surface area is 206 Å². The molecule has 4 amide bonds. The predicted molar refractivity (Wildman–Crippen MR) is 135 cm³/mol. The van der Waals surface area contributed by atoms with E-state index < -0.39 is 23.6 Å². The summed E-state index contributed by atoms with van der Waals surface area (Å²) in [6.45, 7) is 6.01. The zero-order valence-corrected chi connectivity index (χ0v) is 20.7. The number of aryl methyl sites for hydroxylation is 1. The molecule has 0 aromatic heterocycles. The van der Waals surface area contributed by atoms with E-state index in [1.165, 1.54) is 0 Å². The lowest BCUT2D eigenvalue weighted by molar-refractivity contribution is -0.136. The van der Waals surface area contributed by atoms with Crippen molar-refractivity contribution in [3.05, 3.63) is 65.7 Å². The Morgan fingerprint density at radius 1 is 1.14 bits per heavy atom. The van der Waals surface area contributed by atoms with Gasteiger partial charge in [-0.3, -0.25) is 14.5 Å². The third kappa shape index (κ3) is 5.73. The van der Waals surface area contributed by atoms with Crippen LogP contribution in [-0.4, -0.2) is 39.9 Å². The molecule has 2 aromatic carbocycles. The molecule has 35 heavy (non-hydrogen) atoms. The minimum atomic E-state index is -0.919. The Morgan fingerprint density at radius 2 is 1.89 bits per heavy atom. The topological polar surface area (TPSA) is 98.7 Å². The first kappa shape index (κ1) is 24.9. The summed E-state index contributed by atoms with van der Waals surface area (Å²) in [6.07, 6.45) is 2.80. The molecule has 2 fully saturated rings. The fraction of sp³-hybridized carbons (Fsp3) is 0.464. The lowest BCUT2D eigenvalue weighted by Crippen LogP contribution is -2.54. The number of aliphatic hydroxyl groups excluding tert-OH is 1. The number of hydrogen-bond acceptors (Lipinski definition) is 4. The largest absolute Gasteiger partial charge is 0.388 e. The monoisotopic (exact) mass is 477 g/mol. The van der Waals surface area contributed by atoms with Gasteiger partial charge in [-0.15, -0.1) is 0 Å². The van der Waals surface area contributed by atoms with Crippen LogP contribution < -0.4 is 10.6 Å². The molecule has 2 aromatic rings. The van der Waals surface area contributed by atoms with Crippen molar-refractivity contribution in [1.82, 2.24) is 10.2 Å². The van der Waals surface area contributed by atoms with E-state index >= 15 is 0 Å². The highest BCUT2D eigenvalue weighted by atomic mass is 16.3. The molecule has 3 N–H and O–H groups in total. The SMILES string of the molecule is CC1CC(C)(C)CC2(C1)NC(=O)N(CC(=O)Nc1cccc(CCC(O)c3ccccc3)c1)C2=O. The van der Waals surface area contributed by atoms with Crippen molar-refractivity contribution < 1.29 is 19.5 Å². The van der Waals surface area contributed by atoms with Crippen molar-refractivity contribution >= 4 is 23.5 Å². The summed E-state index contributed by atoms with van der Waals surface area (Å²) in [5.41, 5.74) is 1.46. The van der Waals surface area contributed by atoms with E-state index in [-0.39, 0.29) is 17.9 Å². The van der Waals surface area contributed by atoms with Gasteiger partial charge < -0.3 is 15.7 Å². The maximum absolute atomic E-state index is 13.3. The van der Waals surface area contributed by atoms with Gasteiger partial charge in [0.15, 0.2) is 0 Å². The van der Waals surface area contributed by atoms with Gasteiger partial charge in [-0.25, -0.2) is 4.79 Å². The van der Waals surface area contributed by atoms with Crippen LogP contribution in [0.1, 0.15) is 63.7 Å². The number of imide groups is 1. The third-order valence-corrected chi connectivity index (χ3v) is 7.03. The van der Waals surface area contributed by atoms with E-state index in [2.05, 4.69) is 31.4 Å². The first-order valence-corrected chi connectivity index (χ1v) is 12.3. The highest BCUT2D eigenvalue weighted by Gasteiger charge is 2.56. The molecule has 1 spiro atoms. The smallest absolute Gasteiger partial charge is 0.325 e. The molecular formula is C28H35N3O4. The van der Waals surface area contributed by atoms with Crippen molar-refractivity contribution in [3.63, 3.8) is 0 Å². The first-order valence-electron chi connectivity index (χ1n) is 12.3. The van der Waals surface area contributed by atoms with Crippen LogP contribution >= 0.6 is 0 Å². The summed E-state index contributed by atoms with van der Waals surface area (Å²) in [7, 11) is 0. The molecule has 186 valence electrons. The molecular weight excluding hydrogens is 442 g/mol. The number of anilines is 1. The molecule has 3 unspecified atom stereocenters. The molecule has 1 aliphatic heterocycles. The van der Waals surface area contributed by atoms with Crippen molar-refractivity contribution in [1.29, 1.82) is 0 Å². The molecule has 2 aliphatic rings. The Bertz CT molecular complexity index is 1100. The quantitative estimate of drug-likeness (QED) is 0.514. The van der Waals surface area contributed by atoms with Crippen LogP contribution in [0.15, 0.2) is 54.6 Å². The van der Waals surface area contributed by atoms with Gasteiger partial charge in [0.25, 0.3) is 5.91 Å². The van der Waals surface area contributed by atoms with Crippen LogP contribution in [0, 0.1) is 11.3 Å². The Balaban J connectivity index is 1.35. The van der Waals surface area contributed by atoms with Crippen molar-refractivity contribution in [2.24, 2.45) is 11.3 Å². The summed E-state index contributed by atoms with van der Waals surface area (Å²) in [6, 6.07) is 16.4. The highest BCUT2D eigenvalue weighted by molar-refractivity contribution is 6.10. The van der Waals surface area contributed by atoms with Crippen molar-refractivity contribution in [3.8, 4) is 0 Å². The van der Waals surface area contributed by atoms with E-state index in [0.717, 1.165) is 22.4 Å². The average Bonchev–Trinajstić information content (AvgIpc) is 3.00. The predicted octanol–water partition coefficient (Wildman–Crippen LogP) is 4.43. The average molecular weight is 478 g/mol. The van der Waals surface area contributed by atoms with Crippen LogP contribution in [0.4, 0.5) is 10.5 Å². The van der Waals surface area contributed by atoms with Gasteiger partial charge in [0.1, 0.15) is 12.1 Å². The third-order valence-electron chi connectivity index (χ3n) is 7.03. The molecule has 1 saturated heterocycles. The molecule has 1 heterocycles. The van der Waals surface area contributed by atoms with Crippen molar-refractivity contribution in [2.45, 2.75) is 64.5 Å². The number of nitrogens with zero attached hydrogens (tertiary/aromatic N) is 1. The van der Waals surface area contributed by atoms with E-state index in [0.29, 0.717) is 37.3 Å². The number of benzene rings is 2. The summed E-state index contributed by atoms with van der Waals surface area (Å²) in [5.74, 6) is -0.420. The Hall–Kier alpha value is -3.19. The van der Waals surface area contributed by atoms with Gasteiger partial charge in [-0.1, -0.05) is 63.2 Å². The Kier molecular flexibility index (Phi) is 6.99. The summed E-state index contributed by atoms with van der Waals surface area (Å²) >= 11 is 0. The van der Waals surface area contributed by atoms with Gasteiger partial charge in [0, 0.05) is 5.69 Å². The van der Waals surface area contributed by atoms with Crippen LogP contribution in [0.25, 0.3) is 0 Å². The molecule has 4 rings (SSSR count). The lowest BCUT2D eigenvalue weighted by atomic mass is 9.64. The van der Waals surface area contributed by atoms with E-state index in [4.69, 9.17) is 0 Å². The Morgan fingerprint density at radius 3 is 2.60 bits per heavy atom. The minimum absolute atomic E-state index is 0.0621. The molecule has 1 saturated carbocycles. The van der Waals surface area contributed by atoms with Gasteiger partial charge in [-0.05, 0) is 66.7 Å². The van der Waals surface area contributed by atoms with E-state index in [9.17, 15) is 19.5 Å². The maximum Gasteiger partial charge on any atom is 0.325 e. The highest BCUT2D eigenvalue weighted by Crippen LogP contribution is 2.46. The second kappa shape index (κ2) is 9.82. The number of rotatable bonds is 7. The van der Waals surface area contributed by atoms with Crippen LogP contribution in [-0.2, 0) is 16.0 Å². The van der Waals surface area contributed by atoms with Crippen LogP contribution in [0.3, 0.4) is 0 Å². The number of hydrogen-bond donors (Lipinski definition) is 3. The number of nitrogens with one attached hydrogen (secondary N) is 2. The fourth-order valence-electron chi connectivity index (χ4n) is 5.94. The summed E-state index contributed by atoms with van der Waals surface area (Å²) in [5, 5.41) is 16.1. The fourth-order valence-corrected chi connectivity index (χ4v) is 5.94. The van der Waals surface area contributed by atoms with Crippen molar-refractivity contribution in [2.75, 3.05) is 11.9 Å². The van der Waals surface area contributed by atoms with Gasteiger partial charge in [0.05, 0.1) is 6.10 Å². The molecule has 0 radical (unpaired) electrons. The molecule has 7 heteroatoms. The number of amides is 4. The van der Waals surface area contributed by atoms with Gasteiger partial charge >= 0.3 is 6.03 Å². The van der Waals surface area contributed by atoms with E-state index in [1.807, 2.05) is 48.5 Å². The zero-order valence-electron chi connectivity index (χ0n) is 20.7. The molecule has 7 nitrogen and oxygen atoms in total. The molecule has 3 atom stereocenters. The van der Waals surface area contributed by atoms with E-state index in [1.54, 1.807) is 6.07 Å². The molecule has 0 bridgehead atoms. The maximum atomic E-state index is 13.3. The number of carbonyl (C=O) groups is 3. The van der Waals surface area contributed by atoms with Crippen LogP contribution in [0.5, 0.6) is 0 Å². The van der Waals surface area contributed by atoms with Gasteiger partial charge in [0.2, 0.25) is 5.91 Å². The summed E-state index contributed by atoms with van der Waals surface area (Å²) in [4.78, 5) is 39.8. The summed E-state index contributed by atoms with van der Waals surface area (Å²) < 4.78 is 0.